The van der Waals surface area contributed by atoms with Gasteiger partial charge in [-0.25, -0.2) is 0 Å². The summed E-state index contributed by atoms with van der Waals surface area (Å²) in [6.07, 6.45) is 1.92. The van der Waals surface area contributed by atoms with Crippen molar-refractivity contribution >= 4 is 11.6 Å². The van der Waals surface area contributed by atoms with Crippen molar-refractivity contribution in [2.45, 2.75) is 19.8 Å². The first kappa shape index (κ1) is 14.9. The molecule has 1 unspecified atom stereocenters. The molecule has 0 radical (unpaired) electrons. The maximum atomic E-state index is 6.13. The Morgan fingerprint density at radius 3 is 2.45 bits per heavy atom. The number of alkyl halides is 1. The van der Waals surface area contributed by atoms with Gasteiger partial charge in [-0.1, -0.05) is 12.1 Å². The Bertz CT molecular complexity index is 548. The maximum absolute atomic E-state index is 6.13. The molecule has 0 N–H and O–H groups in total. The molecule has 1 heterocycles. The van der Waals surface area contributed by atoms with Gasteiger partial charge in [-0.2, -0.15) is 5.10 Å². The molecule has 0 aliphatic carbocycles. The van der Waals surface area contributed by atoms with Crippen molar-refractivity contribution in [1.29, 1.82) is 0 Å². The Morgan fingerprint density at radius 2 is 1.95 bits per heavy atom. The molecule has 0 bridgehead atoms. The lowest BCUT2D eigenvalue weighted by Gasteiger charge is -2.14. The molecule has 0 amide bonds. The highest BCUT2D eigenvalue weighted by molar-refractivity contribution is 6.18. The van der Waals surface area contributed by atoms with Crippen LogP contribution in [0.2, 0.25) is 0 Å². The summed E-state index contributed by atoms with van der Waals surface area (Å²) in [5.41, 5.74) is 3.58. The molecule has 20 heavy (non-hydrogen) atoms. The molecule has 1 aromatic heterocycles. The molecule has 0 fully saturated rings. The van der Waals surface area contributed by atoms with Gasteiger partial charge in [0.2, 0.25) is 0 Å². The van der Waals surface area contributed by atoms with E-state index in [1.54, 1.807) is 7.11 Å². The van der Waals surface area contributed by atoms with E-state index in [2.05, 4.69) is 23.3 Å². The molecule has 108 valence electrons. The highest BCUT2D eigenvalue weighted by Crippen LogP contribution is 2.19. The van der Waals surface area contributed by atoms with Gasteiger partial charge in [0.25, 0.3) is 0 Å². The Labute approximate surface area is 125 Å². The number of aryl methyl sites for hydroxylation is 2. The highest BCUT2D eigenvalue weighted by Gasteiger charge is 2.13. The topological polar surface area (TPSA) is 27.1 Å². The van der Waals surface area contributed by atoms with Crippen LogP contribution in [-0.4, -0.2) is 22.8 Å². The van der Waals surface area contributed by atoms with Gasteiger partial charge in [-0.3, -0.25) is 4.68 Å². The normalized spacial score (nSPS) is 12.4. The molecular formula is C16H21ClN2O. The quantitative estimate of drug-likeness (QED) is 0.763. The maximum Gasteiger partial charge on any atom is 0.118 e. The molecule has 1 aromatic carbocycles. The fourth-order valence-electron chi connectivity index (χ4n) is 2.43. The van der Waals surface area contributed by atoms with Gasteiger partial charge in [0, 0.05) is 18.6 Å². The van der Waals surface area contributed by atoms with Gasteiger partial charge in [0.15, 0.2) is 0 Å². The van der Waals surface area contributed by atoms with Crippen LogP contribution < -0.4 is 4.74 Å². The van der Waals surface area contributed by atoms with Crippen LogP contribution in [0.1, 0.15) is 17.0 Å². The minimum Gasteiger partial charge on any atom is -0.497 e. The van der Waals surface area contributed by atoms with Crippen LogP contribution in [0.25, 0.3) is 0 Å². The van der Waals surface area contributed by atoms with Crippen LogP contribution >= 0.6 is 11.6 Å². The number of hydrogen-bond donors (Lipinski definition) is 0. The first-order chi connectivity index (χ1) is 9.62. The van der Waals surface area contributed by atoms with Gasteiger partial charge in [-0.05, 0) is 49.4 Å². The largest absolute Gasteiger partial charge is 0.497 e. The minimum absolute atomic E-state index is 0.417. The van der Waals surface area contributed by atoms with E-state index in [1.807, 2.05) is 30.8 Å². The van der Waals surface area contributed by atoms with Gasteiger partial charge in [-0.15, -0.1) is 11.6 Å². The molecule has 0 aliphatic rings. The van der Waals surface area contributed by atoms with Crippen LogP contribution in [-0.2, 0) is 19.9 Å². The summed E-state index contributed by atoms with van der Waals surface area (Å²) < 4.78 is 7.12. The molecule has 0 spiro atoms. The lowest BCUT2D eigenvalue weighted by molar-refractivity contribution is 0.414. The number of aromatic nitrogens is 2. The zero-order chi connectivity index (χ0) is 14.5. The van der Waals surface area contributed by atoms with E-state index in [0.717, 1.165) is 24.3 Å². The third-order valence-electron chi connectivity index (χ3n) is 3.50. The second-order valence-corrected chi connectivity index (χ2v) is 5.49. The van der Waals surface area contributed by atoms with Crippen LogP contribution in [0.5, 0.6) is 5.75 Å². The predicted molar refractivity (Wildman–Crippen MR) is 82.6 cm³/mol. The van der Waals surface area contributed by atoms with Crippen LogP contribution in [0.15, 0.2) is 30.3 Å². The van der Waals surface area contributed by atoms with Crippen molar-refractivity contribution in [1.82, 2.24) is 9.78 Å². The summed E-state index contributed by atoms with van der Waals surface area (Å²) in [6.45, 7) is 2.02. The number of nitrogens with zero attached hydrogens (tertiary/aromatic N) is 2. The average Bonchev–Trinajstić information content (AvgIpc) is 2.77. The number of hydrogen-bond acceptors (Lipinski definition) is 2. The molecular weight excluding hydrogens is 272 g/mol. The zero-order valence-corrected chi connectivity index (χ0v) is 13.0. The minimum atomic E-state index is 0.417. The summed E-state index contributed by atoms with van der Waals surface area (Å²) in [6, 6.07) is 10.3. The smallest absolute Gasteiger partial charge is 0.118 e. The zero-order valence-electron chi connectivity index (χ0n) is 12.3. The molecule has 0 aliphatic heterocycles. The van der Waals surface area contributed by atoms with E-state index >= 15 is 0 Å². The lowest BCUT2D eigenvalue weighted by Crippen LogP contribution is -2.12. The second kappa shape index (κ2) is 6.80. The number of methoxy groups -OCH3 is 1. The number of rotatable bonds is 6. The summed E-state index contributed by atoms with van der Waals surface area (Å²) >= 11 is 6.13. The monoisotopic (exact) mass is 292 g/mol. The Morgan fingerprint density at radius 1 is 1.25 bits per heavy atom. The van der Waals surface area contributed by atoms with Crippen LogP contribution in [0, 0.1) is 12.8 Å². The average molecular weight is 293 g/mol. The van der Waals surface area contributed by atoms with E-state index in [9.17, 15) is 0 Å². The molecule has 2 rings (SSSR count). The predicted octanol–water partition coefficient (Wildman–Crippen LogP) is 3.38. The van der Waals surface area contributed by atoms with Crippen molar-refractivity contribution in [3.05, 3.63) is 47.3 Å². The van der Waals surface area contributed by atoms with Gasteiger partial charge in [0.1, 0.15) is 5.75 Å². The molecule has 4 heteroatoms. The van der Waals surface area contributed by atoms with E-state index < -0.39 is 0 Å². The summed E-state index contributed by atoms with van der Waals surface area (Å²) in [5, 5.41) is 4.39. The molecule has 2 aromatic rings. The molecule has 1 atom stereocenters. The van der Waals surface area contributed by atoms with Crippen LogP contribution in [0.3, 0.4) is 0 Å². The summed E-state index contributed by atoms with van der Waals surface area (Å²) in [5.74, 6) is 1.95. The Balaban J connectivity index is 2.02. The van der Waals surface area contributed by atoms with Crippen molar-refractivity contribution in [2.75, 3.05) is 13.0 Å². The van der Waals surface area contributed by atoms with Crippen molar-refractivity contribution < 1.29 is 4.74 Å². The third-order valence-corrected chi connectivity index (χ3v) is 3.93. The standard InChI is InChI=1S/C16H21ClN2O/c1-12-8-15(19(2)18-12)10-14(11-17)9-13-4-6-16(20-3)7-5-13/h4-8,14H,9-11H2,1-3H3. The van der Waals surface area contributed by atoms with Crippen molar-refractivity contribution in [2.24, 2.45) is 13.0 Å². The first-order valence-electron chi connectivity index (χ1n) is 6.80. The first-order valence-corrected chi connectivity index (χ1v) is 7.34. The van der Waals surface area contributed by atoms with E-state index in [1.165, 1.54) is 11.3 Å². The number of ether oxygens (including phenoxy) is 1. The fourth-order valence-corrected chi connectivity index (χ4v) is 2.65. The third kappa shape index (κ3) is 3.76. The number of halogens is 1. The molecule has 0 saturated heterocycles. The molecule has 3 nitrogen and oxygen atoms in total. The van der Waals surface area contributed by atoms with Crippen LogP contribution in [0.4, 0.5) is 0 Å². The summed E-state index contributed by atoms with van der Waals surface area (Å²) in [7, 11) is 3.67. The number of benzene rings is 1. The fraction of sp³-hybridized carbons (Fsp3) is 0.438. The van der Waals surface area contributed by atoms with Gasteiger partial charge >= 0.3 is 0 Å². The van der Waals surface area contributed by atoms with Gasteiger partial charge in [0.05, 0.1) is 12.8 Å². The summed E-state index contributed by atoms with van der Waals surface area (Å²) in [4.78, 5) is 0. The Hall–Kier alpha value is -1.48. The SMILES string of the molecule is COc1ccc(CC(CCl)Cc2cc(C)nn2C)cc1. The Kier molecular flexibility index (Phi) is 5.07. The highest BCUT2D eigenvalue weighted by atomic mass is 35.5. The van der Waals surface area contributed by atoms with Gasteiger partial charge < -0.3 is 4.74 Å². The van der Waals surface area contributed by atoms with Crippen molar-refractivity contribution in [3.8, 4) is 5.75 Å². The second-order valence-electron chi connectivity index (χ2n) is 5.18. The van der Waals surface area contributed by atoms with E-state index in [-0.39, 0.29) is 0 Å². The van der Waals surface area contributed by atoms with E-state index in [0.29, 0.717) is 11.8 Å². The molecule has 0 saturated carbocycles. The van der Waals surface area contributed by atoms with Crippen molar-refractivity contribution in [3.63, 3.8) is 0 Å². The lowest BCUT2D eigenvalue weighted by atomic mass is 9.96. The van der Waals surface area contributed by atoms with E-state index in [4.69, 9.17) is 16.3 Å².